The number of hydrogen-bond acceptors (Lipinski definition) is 5. The van der Waals surface area contributed by atoms with Gasteiger partial charge in [0.15, 0.2) is 5.17 Å². The number of anilines is 1. The minimum absolute atomic E-state index is 0.0622. The second kappa shape index (κ2) is 8.20. The van der Waals surface area contributed by atoms with Crippen LogP contribution in [-0.4, -0.2) is 27.9 Å². The first-order valence-corrected chi connectivity index (χ1v) is 10.7. The lowest BCUT2D eigenvalue weighted by Crippen LogP contribution is -2.28. The molecule has 3 aromatic rings. The van der Waals surface area contributed by atoms with E-state index in [4.69, 9.17) is 0 Å². The van der Waals surface area contributed by atoms with Crippen LogP contribution in [0.25, 0.3) is 11.1 Å². The molecule has 1 fully saturated rings. The number of para-hydroxylation sites is 1. The number of thioether (sulfide) groups is 1. The van der Waals surface area contributed by atoms with Crippen molar-refractivity contribution in [3.63, 3.8) is 0 Å². The lowest BCUT2D eigenvalue weighted by atomic mass is 10.1. The third-order valence-electron chi connectivity index (χ3n) is 5.10. The Morgan fingerprint density at radius 1 is 0.839 bits per heavy atom. The summed E-state index contributed by atoms with van der Waals surface area (Å²) < 4.78 is 0. The van der Waals surface area contributed by atoms with Gasteiger partial charge in [-0.3, -0.25) is 9.59 Å². The highest BCUT2D eigenvalue weighted by Crippen LogP contribution is 2.36. The summed E-state index contributed by atoms with van der Waals surface area (Å²) in [4.78, 5) is 24.6. The summed E-state index contributed by atoms with van der Waals surface area (Å²) >= 11 is 1.23. The Hall–Kier alpha value is -3.71. The predicted molar refractivity (Wildman–Crippen MR) is 124 cm³/mol. The number of nitrogens with zero attached hydrogens (tertiary/aromatic N) is 2. The quantitative estimate of drug-likeness (QED) is 0.483. The van der Waals surface area contributed by atoms with Crippen molar-refractivity contribution in [2.45, 2.75) is 11.7 Å². The largest absolute Gasteiger partial charge is 0.326 e. The number of amidine groups is 1. The van der Waals surface area contributed by atoms with Crippen molar-refractivity contribution < 1.29 is 9.59 Å². The Morgan fingerprint density at radius 2 is 1.42 bits per heavy atom. The Bertz CT molecular complexity index is 1190. The molecule has 6 nitrogen and oxygen atoms in total. The van der Waals surface area contributed by atoms with Crippen LogP contribution in [0, 0.1) is 0 Å². The molecule has 3 aromatic carbocycles. The summed E-state index contributed by atoms with van der Waals surface area (Å²) in [6, 6.07) is 25.3. The smallest absolute Gasteiger partial charge is 0.240 e. The van der Waals surface area contributed by atoms with Gasteiger partial charge in [0.05, 0.1) is 0 Å². The minimum atomic E-state index is -0.536. The van der Waals surface area contributed by atoms with Crippen LogP contribution in [-0.2, 0) is 9.59 Å². The van der Waals surface area contributed by atoms with Gasteiger partial charge in [-0.2, -0.15) is 0 Å². The van der Waals surface area contributed by atoms with Crippen LogP contribution in [0.15, 0.2) is 89.1 Å². The lowest BCUT2D eigenvalue weighted by molar-refractivity contribution is -0.122. The van der Waals surface area contributed by atoms with E-state index < -0.39 is 5.25 Å². The zero-order valence-corrected chi connectivity index (χ0v) is 17.2. The highest BCUT2D eigenvalue weighted by molar-refractivity contribution is 8.15. The summed E-state index contributed by atoms with van der Waals surface area (Å²) in [6.07, 6.45) is 0.0622. The van der Waals surface area contributed by atoms with Gasteiger partial charge in [-0.1, -0.05) is 78.5 Å². The maximum atomic E-state index is 12.3. The van der Waals surface area contributed by atoms with E-state index >= 15 is 0 Å². The van der Waals surface area contributed by atoms with E-state index in [1.807, 2.05) is 54.6 Å². The molecular weight excluding hydrogens is 408 g/mol. The molecule has 1 unspecified atom stereocenters. The Labute approximate surface area is 183 Å². The first-order valence-electron chi connectivity index (χ1n) is 9.86. The fourth-order valence-corrected chi connectivity index (χ4v) is 4.60. The van der Waals surface area contributed by atoms with E-state index in [1.54, 1.807) is 12.1 Å². The van der Waals surface area contributed by atoms with Crippen LogP contribution in [0.1, 0.15) is 17.5 Å². The molecule has 0 radical (unpaired) electrons. The standard InChI is InChI=1S/C24H18N4O2S/c29-21(25-15-8-2-1-3-9-15)14-20-23(30)26-24(31-20)28-27-22-18-12-6-4-10-16(18)17-11-5-7-13-19(17)22/h1-13,20H,14H2,(H,25,29)(H,26,28,30). The summed E-state index contributed by atoms with van der Waals surface area (Å²) in [5.41, 5.74) is 5.75. The van der Waals surface area contributed by atoms with Crippen LogP contribution in [0.5, 0.6) is 0 Å². The van der Waals surface area contributed by atoms with Gasteiger partial charge in [-0.25, -0.2) is 0 Å². The van der Waals surface area contributed by atoms with E-state index in [0.29, 0.717) is 10.9 Å². The monoisotopic (exact) mass is 426 g/mol. The number of hydrogen-bond donors (Lipinski definition) is 2. The molecule has 0 saturated carbocycles. The Kier molecular flexibility index (Phi) is 5.09. The van der Waals surface area contributed by atoms with E-state index in [1.165, 1.54) is 11.8 Å². The van der Waals surface area contributed by atoms with Gasteiger partial charge in [-0.15, -0.1) is 10.2 Å². The zero-order chi connectivity index (χ0) is 21.2. The van der Waals surface area contributed by atoms with Crippen molar-refractivity contribution >= 4 is 40.1 Å². The van der Waals surface area contributed by atoms with Gasteiger partial charge in [-0.05, 0) is 23.3 Å². The van der Waals surface area contributed by atoms with Gasteiger partial charge >= 0.3 is 0 Å². The molecule has 1 heterocycles. The minimum Gasteiger partial charge on any atom is -0.326 e. The fraction of sp³-hybridized carbons (Fsp3) is 0.0833. The third kappa shape index (κ3) is 3.87. The molecule has 1 saturated heterocycles. The average Bonchev–Trinajstić information content (AvgIpc) is 3.30. The normalized spacial score (nSPS) is 17.8. The molecule has 31 heavy (non-hydrogen) atoms. The summed E-state index contributed by atoms with van der Waals surface area (Å²) in [5.74, 6) is -0.454. The molecule has 1 aliphatic heterocycles. The molecule has 2 aliphatic rings. The first kappa shape index (κ1) is 19.3. The second-order valence-corrected chi connectivity index (χ2v) is 8.35. The molecule has 1 aliphatic carbocycles. The van der Waals surface area contributed by atoms with E-state index in [-0.39, 0.29) is 18.2 Å². The molecule has 152 valence electrons. The molecule has 5 rings (SSSR count). The van der Waals surface area contributed by atoms with Crippen LogP contribution in [0.3, 0.4) is 0 Å². The first-order chi connectivity index (χ1) is 15.2. The van der Waals surface area contributed by atoms with E-state index in [9.17, 15) is 9.59 Å². The highest BCUT2D eigenvalue weighted by Gasteiger charge is 2.32. The molecular formula is C24H18N4O2S. The molecule has 7 heteroatoms. The van der Waals surface area contributed by atoms with Crippen LogP contribution in [0.4, 0.5) is 5.69 Å². The van der Waals surface area contributed by atoms with Crippen molar-refractivity contribution in [2.75, 3.05) is 5.32 Å². The fourth-order valence-electron chi connectivity index (χ4n) is 3.69. The van der Waals surface area contributed by atoms with Crippen molar-refractivity contribution in [2.24, 2.45) is 10.2 Å². The maximum absolute atomic E-state index is 12.3. The maximum Gasteiger partial charge on any atom is 0.240 e. The van der Waals surface area contributed by atoms with Gasteiger partial charge in [0, 0.05) is 23.2 Å². The van der Waals surface area contributed by atoms with E-state index in [0.717, 1.165) is 28.0 Å². The Morgan fingerprint density at radius 3 is 2.06 bits per heavy atom. The van der Waals surface area contributed by atoms with Gasteiger partial charge in [0.25, 0.3) is 0 Å². The van der Waals surface area contributed by atoms with Crippen LogP contribution in [0.2, 0.25) is 0 Å². The number of carbonyl (C=O) groups excluding carboxylic acids is 2. The van der Waals surface area contributed by atoms with Crippen LogP contribution >= 0.6 is 11.8 Å². The molecule has 0 aromatic heterocycles. The molecule has 0 bridgehead atoms. The summed E-state index contributed by atoms with van der Waals surface area (Å²) in [6.45, 7) is 0. The second-order valence-electron chi connectivity index (χ2n) is 7.16. The molecule has 2 amide bonds. The molecule has 1 atom stereocenters. The van der Waals surface area contributed by atoms with Crippen molar-refractivity contribution in [3.8, 4) is 11.1 Å². The van der Waals surface area contributed by atoms with Crippen molar-refractivity contribution in [1.29, 1.82) is 0 Å². The zero-order valence-electron chi connectivity index (χ0n) is 16.4. The van der Waals surface area contributed by atoms with Gasteiger partial charge in [0.1, 0.15) is 11.0 Å². The van der Waals surface area contributed by atoms with Gasteiger partial charge < -0.3 is 10.6 Å². The highest BCUT2D eigenvalue weighted by atomic mass is 32.2. The van der Waals surface area contributed by atoms with Crippen LogP contribution < -0.4 is 10.6 Å². The summed E-state index contributed by atoms with van der Waals surface area (Å²) in [7, 11) is 0. The topological polar surface area (TPSA) is 82.9 Å². The number of rotatable bonds is 4. The third-order valence-corrected chi connectivity index (χ3v) is 6.17. The number of amides is 2. The number of nitrogens with one attached hydrogen (secondary N) is 2. The number of carbonyl (C=O) groups is 2. The lowest BCUT2D eigenvalue weighted by Gasteiger charge is -2.06. The average molecular weight is 427 g/mol. The molecule has 2 N–H and O–H groups in total. The molecule has 0 spiro atoms. The summed E-state index contributed by atoms with van der Waals surface area (Å²) in [5, 5.41) is 14.2. The number of benzene rings is 3. The number of fused-ring (bicyclic) bond motifs is 3. The van der Waals surface area contributed by atoms with Gasteiger partial charge in [0.2, 0.25) is 11.8 Å². The van der Waals surface area contributed by atoms with Crippen molar-refractivity contribution in [3.05, 3.63) is 90.0 Å². The Balaban J connectivity index is 1.33. The van der Waals surface area contributed by atoms with Crippen molar-refractivity contribution in [1.82, 2.24) is 5.32 Å². The SMILES string of the molecule is O=C(CC1S/C(=N/N=C2c3ccccc3-c3ccccc32)NC1=O)Nc1ccccc1. The van der Waals surface area contributed by atoms with E-state index in [2.05, 4.69) is 33.0 Å². The predicted octanol–water partition coefficient (Wildman–Crippen LogP) is 4.04.